The lowest BCUT2D eigenvalue weighted by molar-refractivity contribution is -0.144. The van der Waals surface area contributed by atoms with Gasteiger partial charge in [-0.2, -0.15) is 0 Å². The molecular weight excluding hydrogens is 316 g/mol. The van der Waals surface area contributed by atoms with Crippen molar-refractivity contribution in [3.63, 3.8) is 0 Å². The maximum absolute atomic E-state index is 12.3. The third-order valence-electron chi connectivity index (χ3n) is 3.97. The average Bonchev–Trinajstić information content (AvgIpc) is 2.51. The summed E-state index contributed by atoms with van der Waals surface area (Å²) in [5, 5.41) is 3.08. The number of nitrogens with one attached hydrogen (secondary N) is 1. The zero-order valence-corrected chi connectivity index (χ0v) is 14.3. The minimum Gasteiger partial charge on any atom is -0.332 e. The Morgan fingerprint density at radius 1 is 1.22 bits per heavy atom. The summed E-state index contributed by atoms with van der Waals surface area (Å²) in [7, 11) is 0. The lowest BCUT2D eigenvalue weighted by atomic mass is 10.1. The molecule has 1 aliphatic heterocycles. The van der Waals surface area contributed by atoms with Crippen LogP contribution in [-0.2, 0) is 9.59 Å². The fourth-order valence-corrected chi connectivity index (χ4v) is 3.11. The van der Waals surface area contributed by atoms with Crippen molar-refractivity contribution in [1.82, 2.24) is 9.80 Å². The number of amides is 2. The summed E-state index contributed by atoms with van der Waals surface area (Å²) in [4.78, 5) is 28.3. The summed E-state index contributed by atoms with van der Waals surface area (Å²) in [5.41, 5.74) is 7.87. The van der Waals surface area contributed by atoms with E-state index >= 15 is 0 Å². The monoisotopic (exact) mass is 338 g/mol. The molecule has 7 heteroatoms. The van der Waals surface area contributed by atoms with Crippen LogP contribution < -0.4 is 11.1 Å². The van der Waals surface area contributed by atoms with Crippen molar-refractivity contribution in [2.75, 3.05) is 44.6 Å². The molecule has 0 bridgehead atoms. The van der Waals surface area contributed by atoms with Gasteiger partial charge in [0.25, 0.3) is 0 Å². The van der Waals surface area contributed by atoms with Crippen LogP contribution in [0.25, 0.3) is 0 Å². The number of carbonyl (C=O) groups is 2. The van der Waals surface area contributed by atoms with Gasteiger partial charge in [-0.3, -0.25) is 14.5 Å². The van der Waals surface area contributed by atoms with Gasteiger partial charge in [0.1, 0.15) is 0 Å². The highest BCUT2D eigenvalue weighted by molar-refractivity contribution is 6.41. The number of nitrogens with zero attached hydrogens (tertiary/aromatic N) is 2. The number of carbonyl (C=O) groups excluding carboxylic acids is 2. The van der Waals surface area contributed by atoms with Crippen molar-refractivity contribution in [2.24, 2.45) is 5.73 Å². The van der Waals surface area contributed by atoms with Crippen molar-refractivity contribution >= 4 is 29.1 Å². The van der Waals surface area contributed by atoms with Gasteiger partial charge in [0.15, 0.2) is 0 Å². The molecule has 0 aromatic heterocycles. The number of rotatable bonds is 3. The number of piperazine rings is 1. The Labute approximate surface area is 141 Å². The Hall–Kier alpha value is -1.63. The molecule has 0 spiro atoms. The SMILES string of the molecule is Cc1cc(C)c(NC(=O)C(=O)N2CCN(CCN)CC2)c(Cl)c1. The Balaban J connectivity index is 1.98. The van der Waals surface area contributed by atoms with Gasteiger partial charge in [-0.05, 0) is 31.0 Å². The molecule has 1 aromatic carbocycles. The van der Waals surface area contributed by atoms with Crippen LogP contribution in [0.4, 0.5) is 5.69 Å². The molecule has 0 radical (unpaired) electrons. The highest BCUT2D eigenvalue weighted by atomic mass is 35.5. The number of benzene rings is 1. The van der Waals surface area contributed by atoms with Crippen molar-refractivity contribution in [1.29, 1.82) is 0 Å². The minimum absolute atomic E-state index is 0.441. The Morgan fingerprint density at radius 2 is 1.87 bits per heavy atom. The van der Waals surface area contributed by atoms with Crippen LogP contribution in [0.3, 0.4) is 0 Å². The fraction of sp³-hybridized carbons (Fsp3) is 0.500. The second-order valence-corrected chi connectivity index (χ2v) is 6.22. The first-order valence-electron chi connectivity index (χ1n) is 7.71. The molecule has 0 unspecified atom stereocenters. The first-order valence-corrected chi connectivity index (χ1v) is 8.09. The van der Waals surface area contributed by atoms with Crippen molar-refractivity contribution < 1.29 is 9.59 Å². The van der Waals surface area contributed by atoms with Gasteiger partial charge in [-0.25, -0.2) is 0 Å². The lowest BCUT2D eigenvalue weighted by Crippen LogP contribution is -2.52. The van der Waals surface area contributed by atoms with Crippen LogP contribution in [0.5, 0.6) is 0 Å². The molecule has 2 amide bonds. The van der Waals surface area contributed by atoms with E-state index in [1.165, 1.54) is 0 Å². The largest absolute Gasteiger partial charge is 0.332 e. The van der Waals surface area contributed by atoms with E-state index in [0.29, 0.717) is 30.3 Å². The van der Waals surface area contributed by atoms with Crippen LogP contribution in [0.1, 0.15) is 11.1 Å². The zero-order chi connectivity index (χ0) is 17.0. The van der Waals surface area contributed by atoms with E-state index in [9.17, 15) is 9.59 Å². The minimum atomic E-state index is -0.647. The number of halogens is 1. The molecule has 1 aliphatic rings. The lowest BCUT2D eigenvalue weighted by Gasteiger charge is -2.34. The van der Waals surface area contributed by atoms with E-state index in [-0.39, 0.29) is 0 Å². The fourth-order valence-electron chi connectivity index (χ4n) is 2.74. The third-order valence-corrected chi connectivity index (χ3v) is 4.27. The molecule has 23 heavy (non-hydrogen) atoms. The second kappa shape index (κ2) is 7.77. The first kappa shape index (κ1) is 17.7. The topological polar surface area (TPSA) is 78.7 Å². The van der Waals surface area contributed by atoms with Gasteiger partial charge >= 0.3 is 11.8 Å². The van der Waals surface area contributed by atoms with Gasteiger partial charge in [0.05, 0.1) is 10.7 Å². The first-order chi connectivity index (χ1) is 10.9. The molecule has 6 nitrogen and oxygen atoms in total. The number of hydrogen-bond donors (Lipinski definition) is 2. The van der Waals surface area contributed by atoms with E-state index in [4.69, 9.17) is 17.3 Å². The summed E-state index contributed by atoms with van der Waals surface area (Å²) >= 11 is 6.17. The molecule has 1 saturated heterocycles. The zero-order valence-electron chi connectivity index (χ0n) is 13.6. The van der Waals surface area contributed by atoms with E-state index in [1.807, 2.05) is 19.9 Å². The number of anilines is 1. The Kier molecular flexibility index (Phi) is 5.98. The molecule has 3 N–H and O–H groups in total. The summed E-state index contributed by atoms with van der Waals surface area (Å²) in [6.45, 7) is 7.73. The molecule has 2 rings (SSSR count). The van der Waals surface area contributed by atoms with Crippen molar-refractivity contribution in [3.05, 3.63) is 28.3 Å². The van der Waals surface area contributed by atoms with Crippen molar-refractivity contribution in [2.45, 2.75) is 13.8 Å². The molecule has 1 aromatic rings. The van der Waals surface area contributed by atoms with E-state index in [2.05, 4.69) is 10.2 Å². The van der Waals surface area contributed by atoms with Crippen LogP contribution in [0.2, 0.25) is 5.02 Å². The summed E-state index contributed by atoms with van der Waals surface area (Å²) in [6.07, 6.45) is 0. The predicted octanol–water partition coefficient (Wildman–Crippen LogP) is 0.998. The van der Waals surface area contributed by atoms with E-state index < -0.39 is 11.8 Å². The summed E-state index contributed by atoms with van der Waals surface area (Å²) in [6, 6.07) is 3.68. The van der Waals surface area contributed by atoms with Gasteiger partial charge in [-0.15, -0.1) is 0 Å². The second-order valence-electron chi connectivity index (χ2n) is 5.82. The van der Waals surface area contributed by atoms with Crippen molar-refractivity contribution in [3.8, 4) is 0 Å². The molecule has 126 valence electrons. The molecule has 1 heterocycles. The predicted molar refractivity (Wildman–Crippen MR) is 91.6 cm³/mol. The smallest absolute Gasteiger partial charge is 0.313 e. The highest BCUT2D eigenvalue weighted by Crippen LogP contribution is 2.27. The van der Waals surface area contributed by atoms with Gasteiger partial charge in [-0.1, -0.05) is 17.7 Å². The summed E-state index contributed by atoms with van der Waals surface area (Å²) < 4.78 is 0. The quantitative estimate of drug-likeness (QED) is 0.806. The van der Waals surface area contributed by atoms with Gasteiger partial charge < -0.3 is 16.0 Å². The Bertz CT molecular complexity index is 575. The van der Waals surface area contributed by atoms with Crippen LogP contribution in [0, 0.1) is 13.8 Å². The maximum Gasteiger partial charge on any atom is 0.313 e. The molecule has 0 atom stereocenters. The molecule has 1 fully saturated rings. The molecule has 0 aliphatic carbocycles. The molecular formula is C16H23ClN4O2. The molecule has 0 saturated carbocycles. The normalized spacial score (nSPS) is 15.6. The number of nitrogens with two attached hydrogens (primary N) is 1. The highest BCUT2D eigenvalue weighted by Gasteiger charge is 2.26. The Morgan fingerprint density at radius 3 is 2.43 bits per heavy atom. The third kappa shape index (κ3) is 4.43. The van der Waals surface area contributed by atoms with Crippen LogP contribution in [-0.4, -0.2) is 60.9 Å². The summed E-state index contributed by atoms with van der Waals surface area (Å²) in [5.74, 6) is -1.17. The van der Waals surface area contributed by atoms with E-state index in [0.717, 1.165) is 30.8 Å². The van der Waals surface area contributed by atoms with Crippen LogP contribution >= 0.6 is 11.6 Å². The van der Waals surface area contributed by atoms with Crippen LogP contribution in [0.15, 0.2) is 12.1 Å². The average molecular weight is 339 g/mol. The number of aryl methyl sites for hydroxylation is 2. The standard InChI is InChI=1S/C16H23ClN4O2/c1-11-9-12(2)14(13(17)10-11)19-15(22)16(23)21-7-5-20(4-3-18)6-8-21/h9-10H,3-8,18H2,1-2H3,(H,19,22). The van der Waals surface area contributed by atoms with Gasteiger partial charge in [0, 0.05) is 39.3 Å². The van der Waals surface area contributed by atoms with E-state index in [1.54, 1.807) is 11.0 Å². The number of hydrogen-bond acceptors (Lipinski definition) is 4. The maximum atomic E-state index is 12.3. The van der Waals surface area contributed by atoms with Gasteiger partial charge in [0.2, 0.25) is 0 Å².